The van der Waals surface area contributed by atoms with Gasteiger partial charge < -0.3 is 0 Å². The number of halogens is 3. The summed E-state index contributed by atoms with van der Waals surface area (Å²) in [6.07, 6.45) is -1.63. The van der Waals surface area contributed by atoms with Crippen molar-refractivity contribution in [1.29, 1.82) is 0 Å². The first-order valence-electron chi connectivity index (χ1n) is 12.4. The molecule has 0 bridgehead atoms. The van der Waals surface area contributed by atoms with Crippen molar-refractivity contribution < 1.29 is 21.6 Å². The molecule has 0 amide bonds. The maximum Gasteiger partial charge on any atom is 0.416 e. The highest BCUT2D eigenvalue weighted by atomic mass is 32.2. The third kappa shape index (κ3) is 5.49. The van der Waals surface area contributed by atoms with E-state index in [4.69, 9.17) is 4.98 Å². The Hall–Kier alpha value is -3.56. The minimum Gasteiger partial charge on any atom is -0.251 e. The van der Waals surface area contributed by atoms with Gasteiger partial charge in [-0.2, -0.15) is 17.5 Å². The predicted octanol–water partition coefficient (Wildman–Crippen LogP) is 6.98. The van der Waals surface area contributed by atoms with Gasteiger partial charge in [0.1, 0.15) is 0 Å². The van der Waals surface area contributed by atoms with Crippen LogP contribution in [0.4, 0.5) is 13.2 Å². The zero-order chi connectivity index (χ0) is 26.9. The highest BCUT2D eigenvalue weighted by Gasteiger charge is 2.30. The summed E-state index contributed by atoms with van der Waals surface area (Å²) in [4.78, 5) is 9.58. The number of aryl methyl sites for hydroxylation is 1. The van der Waals surface area contributed by atoms with Crippen molar-refractivity contribution in [2.24, 2.45) is 0 Å². The minimum atomic E-state index is -4.40. The standard InChI is InChI=1S/C29H26F3N3O2S/c1-20-17-23(21-11-13-24(14-12-21)29(30,31)32)19-28(33-20)27-10-6-9-26(34-27)22-7-5-8-25(18-22)38(36,37)35-15-3-2-4-16-35/h5-14,17-19H,2-4,15-16H2,1H3. The second kappa shape index (κ2) is 10.3. The molecule has 1 fully saturated rings. The summed E-state index contributed by atoms with van der Waals surface area (Å²) in [5, 5.41) is 0. The molecule has 0 atom stereocenters. The molecule has 1 aliphatic rings. The zero-order valence-corrected chi connectivity index (χ0v) is 21.6. The Morgan fingerprint density at radius 3 is 2.11 bits per heavy atom. The van der Waals surface area contributed by atoms with Crippen LogP contribution in [-0.2, 0) is 16.2 Å². The van der Waals surface area contributed by atoms with Crippen LogP contribution < -0.4 is 0 Å². The molecule has 38 heavy (non-hydrogen) atoms. The molecule has 5 rings (SSSR count). The van der Waals surface area contributed by atoms with E-state index >= 15 is 0 Å². The van der Waals surface area contributed by atoms with Gasteiger partial charge in [-0.25, -0.2) is 13.4 Å². The van der Waals surface area contributed by atoms with Crippen molar-refractivity contribution >= 4 is 10.0 Å². The number of hydrogen-bond acceptors (Lipinski definition) is 4. The fourth-order valence-electron chi connectivity index (χ4n) is 4.63. The topological polar surface area (TPSA) is 63.2 Å². The molecule has 0 saturated carbocycles. The summed E-state index contributed by atoms with van der Waals surface area (Å²) in [5.74, 6) is 0. The van der Waals surface area contributed by atoms with E-state index in [9.17, 15) is 21.6 Å². The number of pyridine rings is 2. The third-order valence-corrected chi connectivity index (χ3v) is 8.49. The van der Waals surface area contributed by atoms with E-state index in [1.807, 2.05) is 31.2 Å². The Bertz CT molecular complexity index is 1560. The summed E-state index contributed by atoms with van der Waals surface area (Å²) in [6, 6.07) is 20.8. The SMILES string of the molecule is Cc1cc(-c2ccc(C(F)(F)F)cc2)cc(-c2cccc(-c3cccc(S(=O)(=O)N4CCCCC4)c3)n2)n1. The first-order valence-corrected chi connectivity index (χ1v) is 13.8. The van der Waals surface area contributed by atoms with Crippen molar-refractivity contribution in [2.45, 2.75) is 37.3 Å². The van der Waals surface area contributed by atoms with E-state index in [-0.39, 0.29) is 4.90 Å². The average molecular weight is 538 g/mol. The fourth-order valence-corrected chi connectivity index (χ4v) is 6.19. The van der Waals surface area contributed by atoms with E-state index in [2.05, 4.69) is 4.98 Å². The molecule has 3 heterocycles. The average Bonchev–Trinajstić information content (AvgIpc) is 2.93. The molecule has 5 nitrogen and oxygen atoms in total. The van der Waals surface area contributed by atoms with Crippen molar-refractivity contribution in [2.75, 3.05) is 13.1 Å². The molecule has 196 valence electrons. The highest BCUT2D eigenvalue weighted by molar-refractivity contribution is 7.89. The summed E-state index contributed by atoms with van der Waals surface area (Å²) in [6.45, 7) is 2.87. The van der Waals surface area contributed by atoms with Gasteiger partial charge >= 0.3 is 6.18 Å². The molecule has 1 aliphatic heterocycles. The van der Waals surface area contributed by atoms with Crippen LogP contribution in [0.1, 0.15) is 30.5 Å². The first-order chi connectivity index (χ1) is 18.1. The van der Waals surface area contributed by atoms with E-state index in [1.165, 1.54) is 12.1 Å². The number of piperidine rings is 1. The third-order valence-electron chi connectivity index (χ3n) is 6.59. The van der Waals surface area contributed by atoms with E-state index in [0.29, 0.717) is 47.0 Å². The quantitative estimate of drug-likeness (QED) is 0.276. The minimum absolute atomic E-state index is 0.238. The molecular weight excluding hydrogens is 511 g/mol. The van der Waals surface area contributed by atoms with Gasteiger partial charge in [-0.05, 0) is 79.4 Å². The van der Waals surface area contributed by atoms with Crippen LogP contribution in [-0.4, -0.2) is 35.8 Å². The van der Waals surface area contributed by atoms with E-state index in [0.717, 1.165) is 37.0 Å². The molecule has 0 radical (unpaired) electrons. The molecular formula is C29H26F3N3O2S. The monoisotopic (exact) mass is 537 g/mol. The number of nitrogens with zero attached hydrogens (tertiary/aromatic N) is 3. The number of aromatic nitrogens is 2. The van der Waals surface area contributed by atoms with Gasteiger partial charge in [0.2, 0.25) is 10.0 Å². The number of benzene rings is 2. The van der Waals surface area contributed by atoms with Crippen molar-refractivity contribution in [3.63, 3.8) is 0 Å². The lowest BCUT2D eigenvalue weighted by Crippen LogP contribution is -2.35. The van der Waals surface area contributed by atoms with Gasteiger partial charge in [-0.3, -0.25) is 4.98 Å². The smallest absolute Gasteiger partial charge is 0.251 e. The zero-order valence-electron chi connectivity index (χ0n) is 20.7. The Labute approximate surface area is 220 Å². The summed E-state index contributed by atoms with van der Waals surface area (Å²) in [7, 11) is -3.59. The lowest BCUT2D eigenvalue weighted by Gasteiger charge is -2.26. The van der Waals surface area contributed by atoms with Crippen LogP contribution in [0, 0.1) is 6.92 Å². The maximum atomic E-state index is 13.2. The number of sulfonamides is 1. The van der Waals surface area contributed by atoms with Crippen molar-refractivity contribution in [3.05, 3.63) is 90.1 Å². The van der Waals surface area contributed by atoms with Crippen LogP contribution in [0.3, 0.4) is 0 Å². The van der Waals surface area contributed by atoms with Gasteiger partial charge in [0.25, 0.3) is 0 Å². The molecule has 9 heteroatoms. The maximum absolute atomic E-state index is 13.2. The predicted molar refractivity (Wildman–Crippen MR) is 141 cm³/mol. The number of rotatable bonds is 5. The largest absolute Gasteiger partial charge is 0.416 e. The van der Waals surface area contributed by atoms with Crippen LogP contribution in [0.15, 0.2) is 83.8 Å². The summed E-state index contributed by atoms with van der Waals surface area (Å²) >= 11 is 0. The molecule has 0 N–H and O–H groups in total. The lowest BCUT2D eigenvalue weighted by atomic mass is 10.0. The summed E-state index contributed by atoms with van der Waals surface area (Å²) < 4.78 is 66.8. The second-order valence-electron chi connectivity index (χ2n) is 9.36. The Morgan fingerprint density at radius 1 is 0.711 bits per heavy atom. The highest BCUT2D eigenvalue weighted by Crippen LogP contribution is 2.32. The van der Waals surface area contributed by atoms with Gasteiger partial charge in [0.15, 0.2) is 0 Å². The fraction of sp³-hybridized carbons (Fsp3) is 0.241. The van der Waals surface area contributed by atoms with Crippen molar-refractivity contribution in [1.82, 2.24) is 14.3 Å². The molecule has 0 unspecified atom stereocenters. The van der Waals surface area contributed by atoms with E-state index < -0.39 is 21.8 Å². The van der Waals surface area contributed by atoms with Gasteiger partial charge in [0.05, 0.1) is 27.5 Å². The van der Waals surface area contributed by atoms with Crippen LogP contribution >= 0.6 is 0 Å². The van der Waals surface area contributed by atoms with Crippen LogP contribution in [0.2, 0.25) is 0 Å². The summed E-state index contributed by atoms with van der Waals surface area (Å²) in [5.41, 5.74) is 3.76. The van der Waals surface area contributed by atoms with Gasteiger partial charge in [0, 0.05) is 24.3 Å². The Kier molecular flexibility index (Phi) is 7.07. The van der Waals surface area contributed by atoms with Gasteiger partial charge in [-0.1, -0.05) is 36.8 Å². The molecule has 4 aromatic rings. The molecule has 2 aromatic heterocycles. The molecule has 1 saturated heterocycles. The second-order valence-corrected chi connectivity index (χ2v) is 11.3. The lowest BCUT2D eigenvalue weighted by molar-refractivity contribution is -0.137. The van der Waals surface area contributed by atoms with Crippen LogP contribution in [0.5, 0.6) is 0 Å². The van der Waals surface area contributed by atoms with Crippen LogP contribution in [0.25, 0.3) is 33.8 Å². The molecule has 2 aromatic carbocycles. The molecule has 0 spiro atoms. The molecule has 0 aliphatic carbocycles. The van der Waals surface area contributed by atoms with Crippen molar-refractivity contribution in [3.8, 4) is 33.8 Å². The normalized spacial score (nSPS) is 14.9. The Balaban J connectivity index is 1.47. The number of alkyl halides is 3. The first kappa shape index (κ1) is 26.1. The van der Waals surface area contributed by atoms with E-state index in [1.54, 1.807) is 34.6 Å². The Morgan fingerprint density at radius 2 is 1.39 bits per heavy atom. The van der Waals surface area contributed by atoms with Gasteiger partial charge in [-0.15, -0.1) is 0 Å². The number of hydrogen-bond donors (Lipinski definition) is 0.